The number of aromatic amines is 1. The fourth-order valence-corrected chi connectivity index (χ4v) is 3.77. The third-order valence-electron chi connectivity index (χ3n) is 4.50. The lowest BCUT2D eigenvalue weighted by Crippen LogP contribution is -2.11. The Morgan fingerprint density at radius 1 is 1.03 bits per heavy atom. The van der Waals surface area contributed by atoms with Crippen LogP contribution in [-0.2, 0) is 10.0 Å². The van der Waals surface area contributed by atoms with Gasteiger partial charge in [0.05, 0.1) is 17.3 Å². The van der Waals surface area contributed by atoms with Gasteiger partial charge in [-0.2, -0.15) is 0 Å². The molecule has 4 aromatic rings. The van der Waals surface area contributed by atoms with Gasteiger partial charge in [0.2, 0.25) is 10.0 Å². The summed E-state index contributed by atoms with van der Waals surface area (Å²) in [5, 5.41) is 0.588. The first kappa shape index (κ1) is 20.9. The van der Waals surface area contributed by atoms with E-state index in [1.165, 1.54) is 0 Å². The van der Waals surface area contributed by atoms with Crippen LogP contribution in [0.5, 0.6) is 11.5 Å². The predicted octanol–water partition coefficient (Wildman–Crippen LogP) is 4.72. The van der Waals surface area contributed by atoms with E-state index in [1.54, 1.807) is 55.5 Å². The van der Waals surface area contributed by atoms with Crippen LogP contribution in [0.1, 0.15) is 5.69 Å². The first-order valence-electron chi connectivity index (χ1n) is 9.24. The van der Waals surface area contributed by atoms with Gasteiger partial charge in [-0.1, -0.05) is 17.7 Å². The van der Waals surface area contributed by atoms with Gasteiger partial charge in [-0.15, -0.1) is 0 Å². The van der Waals surface area contributed by atoms with Gasteiger partial charge in [0, 0.05) is 16.3 Å². The second-order valence-electron chi connectivity index (χ2n) is 7.02. The Morgan fingerprint density at radius 3 is 2.48 bits per heavy atom. The number of hydrogen-bond acceptors (Lipinski definition) is 5. The fraction of sp³-hybridized carbons (Fsp3) is 0.0909. The van der Waals surface area contributed by atoms with Crippen molar-refractivity contribution in [3.8, 4) is 22.6 Å². The number of hydrogen-bond donors (Lipinski definition) is 2. The van der Waals surface area contributed by atoms with Crippen LogP contribution in [0.15, 0.2) is 65.5 Å². The number of nitrogens with zero attached hydrogens (tertiary/aromatic N) is 1. The lowest BCUT2D eigenvalue weighted by molar-refractivity contribution is 0.484. The van der Waals surface area contributed by atoms with Gasteiger partial charge in [-0.05, 0) is 67.1 Å². The molecule has 0 amide bonds. The number of ether oxygens (including phenoxy) is 1. The minimum atomic E-state index is -3.46. The van der Waals surface area contributed by atoms with Gasteiger partial charge < -0.3 is 9.72 Å². The van der Waals surface area contributed by atoms with Crippen molar-refractivity contribution in [3.63, 3.8) is 0 Å². The van der Waals surface area contributed by atoms with Crippen molar-refractivity contribution in [1.82, 2.24) is 9.97 Å². The molecule has 0 atom stereocenters. The molecular weight excluding hydrogens is 438 g/mol. The normalized spacial score (nSPS) is 11.5. The van der Waals surface area contributed by atoms with Gasteiger partial charge in [0.15, 0.2) is 0 Å². The van der Waals surface area contributed by atoms with Crippen molar-refractivity contribution in [3.05, 3.63) is 81.7 Å². The average Bonchev–Trinajstić information content (AvgIpc) is 2.70. The van der Waals surface area contributed by atoms with Gasteiger partial charge in [0.1, 0.15) is 17.2 Å². The third-order valence-corrected chi connectivity index (χ3v) is 5.36. The largest absolute Gasteiger partial charge is 0.457 e. The van der Waals surface area contributed by atoms with E-state index >= 15 is 0 Å². The molecule has 0 aliphatic heterocycles. The van der Waals surface area contributed by atoms with E-state index in [2.05, 4.69) is 14.7 Å². The van der Waals surface area contributed by atoms with E-state index in [1.807, 2.05) is 12.1 Å². The third kappa shape index (κ3) is 4.87. The van der Waals surface area contributed by atoms with Crippen LogP contribution in [0.4, 0.5) is 5.69 Å². The van der Waals surface area contributed by atoms with Crippen molar-refractivity contribution in [2.45, 2.75) is 6.92 Å². The topological polar surface area (TPSA) is 101 Å². The maximum atomic E-state index is 11.8. The fourth-order valence-electron chi connectivity index (χ4n) is 3.09. The lowest BCUT2D eigenvalue weighted by Gasteiger charge is -2.14. The van der Waals surface area contributed by atoms with E-state index in [4.69, 9.17) is 16.3 Å². The van der Waals surface area contributed by atoms with Crippen LogP contribution in [-0.4, -0.2) is 24.6 Å². The molecule has 0 aliphatic rings. The van der Waals surface area contributed by atoms with Crippen LogP contribution in [0, 0.1) is 6.92 Å². The molecule has 158 valence electrons. The molecule has 1 aromatic heterocycles. The molecule has 0 spiro atoms. The summed E-state index contributed by atoms with van der Waals surface area (Å²) in [6.07, 6.45) is 1.09. The summed E-state index contributed by atoms with van der Waals surface area (Å²) in [6.45, 7) is 1.64. The van der Waals surface area contributed by atoms with E-state index in [0.717, 1.165) is 11.8 Å². The van der Waals surface area contributed by atoms with Crippen molar-refractivity contribution in [1.29, 1.82) is 0 Å². The molecule has 7 nitrogen and oxygen atoms in total. The first-order chi connectivity index (χ1) is 14.7. The van der Waals surface area contributed by atoms with E-state index in [9.17, 15) is 13.2 Å². The Labute approximate surface area is 183 Å². The summed E-state index contributed by atoms with van der Waals surface area (Å²) >= 11 is 5.95. The maximum absolute atomic E-state index is 11.8. The van der Waals surface area contributed by atoms with Crippen LogP contribution in [0.25, 0.3) is 22.2 Å². The lowest BCUT2D eigenvalue weighted by atomic mass is 10.0. The van der Waals surface area contributed by atoms with Crippen LogP contribution < -0.4 is 15.0 Å². The smallest absolute Gasteiger partial charge is 0.269 e. The minimum Gasteiger partial charge on any atom is -0.457 e. The molecule has 9 heteroatoms. The second kappa shape index (κ2) is 8.05. The molecule has 0 aliphatic carbocycles. The monoisotopic (exact) mass is 455 g/mol. The van der Waals surface area contributed by atoms with E-state index in [-0.39, 0.29) is 5.56 Å². The number of aromatic nitrogens is 2. The number of nitrogens with one attached hydrogen (secondary N) is 2. The number of anilines is 1. The van der Waals surface area contributed by atoms with Crippen LogP contribution in [0.3, 0.4) is 0 Å². The zero-order valence-electron chi connectivity index (χ0n) is 16.6. The zero-order chi connectivity index (χ0) is 22.2. The molecule has 0 radical (unpaired) electrons. The number of sulfonamides is 1. The van der Waals surface area contributed by atoms with E-state index < -0.39 is 10.0 Å². The van der Waals surface area contributed by atoms with Gasteiger partial charge in [-0.3, -0.25) is 9.52 Å². The summed E-state index contributed by atoms with van der Waals surface area (Å²) in [5.74, 6) is 1.09. The standard InChI is InChI=1S/C22H18ClN3O4S/c1-13-22(27)25-19-9-3-14(11-20(19)24-13)18-12-16(26-31(2,28)29)6-10-21(18)30-17-7-4-15(23)5-8-17/h3-12,26H,1-2H3,(H,25,27). The first-order valence-corrected chi connectivity index (χ1v) is 11.5. The number of aryl methyl sites for hydroxylation is 1. The quantitative estimate of drug-likeness (QED) is 0.453. The highest BCUT2D eigenvalue weighted by Crippen LogP contribution is 2.37. The number of benzene rings is 3. The summed E-state index contributed by atoms with van der Waals surface area (Å²) < 4.78 is 31.9. The number of rotatable bonds is 5. The second-order valence-corrected chi connectivity index (χ2v) is 9.21. The van der Waals surface area contributed by atoms with Crippen molar-refractivity contribution < 1.29 is 13.2 Å². The average molecular weight is 456 g/mol. The Kier molecular flexibility index (Phi) is 5.43. The summed E-state index contributed by atoms with van der Waals surface area (Å²) in [7, 11) is -3.46. The predicted molar refractivity (Wildman–Crippen MR) is 123 cm³/mol. The molecule has 4 rings (SSSR count). The van der Waals surface area contributed by atoms with Gasteiger partial charge in [-0.25, -0.2) is 13.4 Å². The molecule has 3 aromatic carbocycles. The van der Waals surface area contributed by atoms with Crippen molar-refractivity contribution in [2.24, 2.45) is 0 Å². The highest BCUT2D eigenvalue weighted by Gasteiger charge is 2.13. The molecule has 0 bridgehead atoms. The molecule has 0 saturated carbocycles. The summed E-state index contributed by atoms with van der Waals surface area (Å²) in [6, 6.07) is 17.3. The molecule has 1 heterocycles. The summed E-state index contributed by atoms with van der Waals surface area (Å²) in [4.78, 5) is 19.0. The van der Waals surface area contributed by atoms with Crippen LogP contribution in [0.2, 0.25) is 5.02 Å². The molecule has 0 unspecified atom stereocenters. The van der Waals surface area contributed by atoms with Crippen molar-refractivity contribution in [2.75, 3.05) is 11.0 Å². The molecule has 0 saturated heterocycles. The maximum Gasteiger partial charge on any atom is 0.269 e. The molecule has 2 N–H and O–H groups in total. The highest BCUT2D eigenvalue weighted by molar-refractivity contribution is 7.92. The minimum absolute atomic E-state index is 0.244. The number of fused-ring (bicyclic) bond motifs is 1. The van der Waals surface area contributed by atoms with Crippen LogP contribution >= 0.6 is 11.6 Å². The molecule has 0 fully saturated rings. The molecule has 31 heavy (non-hydrogen) atoms. The Bertz CT molecular complexity index is 1450. The Hall–Kier alpha value is -3.36. The van der Waals surface area contributed by atoms with Gasteiger partial charge in [0.25, 0.3) is 5.56 Å². The van der Waals surface area contributed by atoms with Gasteiger partial charge >= 0.3 is 0 Å². The van der Waals surface area contributed by atoms with E-state index in [0.29, 0.717) is 44.5 Å². The SMILES string of the molecule is Cc1nc2cc(-c3cc(NS(C)(=O)=O)ccc3Oc3ccc(Cl)cc3)ccc2[nH]c1=O. The highest BCUT2D eigenvalue weighted by atomic mass is 35.5. The number of H-pyrrole nitrogens is 1. The Morgan fingerprint density at radius 2 is 1.77 bits per heavy atom. The zero-order valence-corrected chi connectivity index (χ0v) is 18.2. The summed E-state index contributed by atoms with van der Waals surface area (Å²) in [5.41, 5.74) is 3.11. The number of halogens is 1. The Balaban J connectivity index is 1.85. The van der Waals surface area contributed by atoms with Crippen molar-refractivity contribution >= 4 is 38.3 Å². The molecular formula is C22H18ClN3O4S.